The van der Waals surface area contributed by atoms with Crippen LogP contribution in [0.1, 0.15) is 23.6 Å². The molecule has 2 aliphatic carbocycles. The summed E-state index contributed by atoms with van der Waals surface area (Å²) < 4.78 is 5.01. The molecule has 330 valence electrons. The highest BCUT2D eigenvalue weighted by atomic mass is 15.0. The quantitative estimate of drug-likeness (QED) is 0.151. The van der Waals surface area contributed by atoms with Crippen molar-refractivity contribution in [3.63, 3.8) is 0 Å². The van der Waals surface area contributed by atoms with Crippen LogP contribution < -0.4 is 0 Å². The Morgan fingerprint density at radius 3 is 1.66 bits per heavy atom. The van der Waals surface area contributed by atoms with Crippen molar-refractivity contribution >= 4 is 43.6 Å². The van der Waals surface area contributed by atoms with Crippen molar-refractivity contribution in [2.45, 2.75) is 12.3 Å². The Labute approximate surface area is 408 Å². The Bertz CT molecular complexity index is 4060. The molecule has 2 aliphatic rings. The van der Waals surface area contributed by atoms with Crippen molar-refractivity contribution < 1.29 is 0 Å². The number of para-hydroxylation sites is 1. The second-order valence-corrected chi connectivity index (χ2v) is 19.2. The Kier molecular flexibility index (Phi) is 9.19. The van der Waals surface area contributed by atoms with Crippen LogP contribution in [0.4, 0.5) is 0 Å². The first-order chi connectivity index (χ1) is 34.6. The van der Waals surface area contributed by atoms with E-state index in [1.165, 1.54) is 105 Å². The molecule has 0 saturated carbocycles. The summed E-state index contributed by atoms with van der Waals surface area (Å²) in [5, 5.41) is 4.99. The SMILES string of the molecule is CC1C=CC=CC1C1(c2ccccc2)c2ccccc2-c2ccc3c4cc(-c5ccc6c(c5)c5ccccc5n6-c5cccc(-c6ccccc6)c5)ccc4n(-c4ccc(-c5ccccc5)cc4)c3c21. The topological polar surface area (TPSA) is 9.86 Å². The van der Waals surface area contributed by atoms with Gasteiger partial charge in [-0.3, -0.25) is 0 Å². The van der Waals surface area contributed by atoms with Gasteiger partial charge in [0.15, 0.2) is 0 Å². The van der Waals surface area contributed by atoms with Gasteiger partial charge < -0.3 is 9.13 Å². The molecule has 12 aromatic rings. The molecule has 14 rings (SSSR count). The first-order valence-corrected chi connectivity index (χ1v) is 24.6. The molecule has 0 aliphatic heterocycles. The van der Waals surface area contributed by atoms with E-state index < -0.39 is 5.41 Å². The van der Waals surface area contributed by atoms with Crippen molar-refractivity contribution in [1.82, 2.24) is 9.13 Å². The van der Waals surface area contributed by atoms with Crippen LogP contribution in [0.5, 0.6) is 0 Å². The lowest BCUT2D eigenvalue weighted by molar-refractivity contribution is 0.376. The van der Waals surface area contributed by atoms with Crippen LogP contribution in [0.2, 0.25) is 0 Å². The molecule has 0 spiro atoms. The number of rotatable bonds is 7. The summed E-state index contributed by atoms with van der Waals surface area (Å²) in [6.45, 7) is 2.40. The maximum atomic E-state index is 2.58. The van der Waals surface area contributed by atoms with Crippen LogP contribution in [-0.4, -0.2) is 9.13 Å². The van der Waals surface area contributed by atoms with E-state index >= 15 is 0 Å². The number of hydrogen-bond acceptors (Lipinski definition) is 0. The maximum absolute atomic E-state index is 2.58. The van der Waals surface area contributed by atoms with Crippen LogP contribution in [0.3, 0.4) is 0 Å². The van der Waals surface area contributed by atoms with Crippen molar-refractivity contribution in [1.29, 1.82) is 0 Å². The number of fused-ring (bicyclic) bond motifs is 10. The summed E-state index contributed by atoms with van der Waals surface area (Å²) in [5.41, 5.74) is 20.6. The molecule has 0 fully saturated rings. The molecular weight excluding hydrogens is 845 g/mol. The fraction of sp³-hybridized carbons (Fsp3) is 0.0588. The Morgan fingerprint density at radius 1 is 0.357 bits per heavy atom. The van der Waals surface area contributed by atoms with E-state index in [1.54, 1.807) is 0 Å². The smallest absolute Gasteiger partial charge is 0.0592 e. The third-order valence-corrected chi connectivity index (χ3v) is 15.6. The van der Waals surface area contributed by atoms with Crippen LogP contribution >= 0.6 is 0 Å². The predicted octanol–water partition coefficient (Wildman–Crippen LogP) is 17.6. The van der Waals surface area contributed by atoms with Gasteiger partial charge >= 0.3 is 0 Å². The molecule has 70 heavy (non-hydrogen) atoms. The van der Waals surface area contributed by atoms with Crippen LogP contribution in [-0.2, 0) is 5.41 Å². The number of benzene rings is 10. The summed E-state index contributed by atoms with van der Waals surface area (Å²) in [6.07, 6.45) is 9.38. The zero-order chi connectivity index (χ0) is 46.3. The molecule has 3 unspecified atom stereocenters. The highest BCUT2D eigenvalue weighted by Crippen LogP contribution is 2.61. The molecule has 10 aromatic carbocycles. The van der Waals surface area contributed by atoms with Crippen LogP contribution in [0.25, 0.3) is 99.5 Å². The lowest BCUT2D eigenvalue weighted by Gasteiger charge is -2.42. The van der Waals surface area contributed by atoms with Crippen molar-refractivity contribution in [2.75, 3.05) is 0 Å². The summed E-state index contributed by atoms with van der Waals surface area (Å²) >= 11 is 0. The molecule has 2 heteroatoms. The second-order valence-electron chi connectivity index (χ2n) is 19.2. The maximum Gasteiger partial charge on any atom is 0.0592 e. The monoisotopic (exact) mass is 892 g/mol. The fourth-order valence-corrected chi connectivity index (χ4v) is 12.5. The minimum atomic E-state index is -0.466. The van der Waals surface area contributed by atoms with Gasteiger partial charge in [-0.1, -0.05) is 213 Å². The van der Waals surface area contributed by atoms with Gasteiger partial charge in [0, 0.05) is 44.4 Å². The lowest BCUT2D eigenvalue weighted by Crippen LogP contribution is -2.39. The highest BCUT2D eigenvalue weighted by molar-refractivity contribution is 6.15. The molecule has 3 atom stereocenters. The van der Waals surface area contributed by atoms with Crippen LogP contribution in [0, 0.1) is 11.8 Å². The van der Waals surface area contributed by atoms with Gasteiger partial charge in [0.1, 0.15) is 0 Å². The van der Waals surface area contributed by atoms with Crippen molar-refractivity contribution in [3.8, 4) is 55.9 Å². The van der Waals surface area contributed by atoms with E-state index in [0.717, 1.165) is 11.4 Å². The van der Waals surface area contributed by atoms with E-state index in [2.05, 4.69) is 277 Å². The molecule has 0 bridgehead atoms. The van der Waals surface area contributed by atoms with Gasteiger partial charge in [-0.15, -0.1) is 0 Å². The zero-order valence-corrected chi connectivity index (χ0v) is 38.9. The van der Waals surface area contributed by atoms with Gasteiger partial charge in [-0.25, -0.2) is 0 Å². The molecule has 0 saturated heterocycles. The third kappa shape index (κ3) is 5.99. The van der Waals surface area contributed by atoms with E-state index in [4.69, 9.17) is 0 Å². The number of hydrogen-bond donors (Lipinski definition) is 0. The number of allylic oxidation sites excluding steroid dienone is 4. The number of aromatic nitrogens is 2. The Hall–Kier alpha value is -8.72. The summed E-state index contributed by atoms with van der Waals surface area (Å²) in [7, 11) is 0. The van der Waals surface area contributed by atoms with Gasteiger partial charge in [0.25, 0.3) is 0 Å². The second kappa shape index (κ2) is 15.9. The largest absolute Gasteiger partial charge is 0.309 e. The van der Waals surface area contributed by atoms with Crippen LogP contribution in [0.15, 0.2) is 261 Å². The van der Waals surface area contributed by atoms with Gasteiger partial charge in [0.2, 0.25) is 0 Å². The predicted molar refractivity (Wildman–Crippen MR) is 294 cm³/mol. The third-order valence-electron chi connectivity index (χ3n) is 15.6. The Balaban J connectivity index is 1.02. The molecule has 2 nitrogen and oxygen atoms in total. The van der Waals surface area contributed by atoms with Crippen molar-refractivity contribution in [3.05, 3.63) is 278 Å². The minimum Gasteiger partial charge on any atom is -0.309 e. The molecule has 0 N–H and O–H groups in total. The lowest BCUT2D eigenvalue weighted by atomic mass is 9.59. The molecular formula is C68H48N2. The normalized spacial score (nSPS) is 17.2. The summed E-state index contributed by atoms with van der Waals surface area (Å²) in [6, 6.07) is 88.0. The number of nitrogens with zero attached hydrogens (tertiary/aromatic N) is 2. The molecule has 2 heterocycles. The van der Waals surface area contributed by atoms with E-state index in [1.807, 2.05) is 0 Å². The van der Waals surface area contributed by atoms with Crippen molar-refractivity contribution in [2.24, 2.45) is 11.8 Å². The first kappa shape index (κ1) is 40.4. The van der Waals surface area contributed by atoms with Gasteiger partial charge in [-0.05, 0) is 116 Å². The summed E-state index contributed by atoms with van der Waals surface area (Å²) in [5.74, 6) is 0.466. The molecule has 2 aromatic heterocycles. The fourth-order valence-electron chi connectivity index (χ4n) is 12.5. The molecule has 0 amide bonds. The first-order valence-electron chi connectivity index (χ1n) is 24.6. The average Bonchev–Trinajstić information content (AvgIpc) is 4.06. The summed E-state index contributed by atoms with van der Waals surface area (Å²) in [4.78, 5) is 0. The van der Waals surface area contributed by atoms with Gasteiger partial charge in [0.05, 0.1) is 27.5 Å². The van der Waals surface area contributed by atoms with E-state index in [9.17, 15) is 0 Å². The standard InChI is InChI=1S/C68H48N2/c1-45-18-11-14-29-61(45)68(52-24-9-4-10-25-52)62-30-15-12-27-55(62)57-38-39-58-60-44-51(35-41-65(60)70(67(58)66(57)68)53-36-32-48(33-37-53)46-19-5-2-6-20-46)50-34-40-64-59(43-50)56-28-13-16-31-63(56)69(64)54-26-17-23-49(42-54)47-21-7-3-8-22-47/h2-45,61H,1H3. The van der Waals surface area contributed by atoms with Gasteiger partial charge in [-0.2, -0.15) is 0 Å². The van der Waals surface area contributed by atoms with E-state index in [0.29, 0.717) is 5.92 Å². The zero-order valence-electron chi connectivity index (χ0n) is 38.9. The van der Waals surface area contributed by atoms with E-state index in [-0.39, 0.29) is 5.92 Å². The Morgan fingerprint density at radius 2 is 0.914 bits per heavy atom. The highest BCUT2D eigenvalue weighted by Gasteiger charge is 2.52. The molecule has 0 radical (unpaired) electrons. The average molecular weight is 893 g/mol. The minimum absolute atomic E-state index is 0.171.